The fraction of sp³-hybridized carbons (Fsp3) is 0.294. The van der Waals surface area contributed by atoms with Crippen molar-refractivity contribution in [3.05, 3.63) is 59.7 Å². The third-order valence-electron chi connectivity index (χ3n) is 3.69. The lowest BCUT2D eigenvalue weighted by Gasteiger charge is -2.20. The molecule has 0 aromatic heterocycles. The lowest BCUT2D eigenvalue weighted by Crippen LogP contribution is -2.17. The highest BCUT2D eigenvalue weighted by atomic mass is 32.2. The number of nitrogens with zero attached hydrogens (tertiary/aromatic N) is 1. The third-order valence-corrected chi connectivity index (χ3v) is 5.44. The lowest BCUT2D eigenvalue weighted by molar-refractivity contribution is 0.597. The molecule has 0 radical (unpaired) electrons. The summed E-state index contributed by atoms with van der Waals surface area (Å²) in [5, 5.41) is 0. The molecule has 21 heavy (non-hydrogen) atoms. The molecule has 0 saturated carbocycles. The van der Waals surface area contributed by atoms with Crippen LogP contribution in [0.2, 0.25) is 0 Å². The molecule has 0 spiro atoms. The summed E-state index contributed by atoms with van der Waals surface area (Å²) in [5.41, 5.74) is 3.54. The average Bonchev–Trinajstić information content (AvgIpc) is 2.49. The van der Waals surface area contributed by atoms with Crippen molar-refractivity contribution in [1.82, 2.24) is 0 Å². The van der Waals surface area contributed by atoms with Crippen molar-refractivity contribution in [3.8, 4) is 0 Å². The topological polar surface area (TPSA) is 37.4 Å². The van der Waals surface area contributed by atoms with Crippen molar-refractivity contribution in [2.24, 2.45) is 0 Å². The summed E-state index contributed by atoms with van der Waals surface area (Å²) >= 11 is 0. The van der Waals surface area contributed by atoms with Gasteiger partial charge in [-0.15, -0.1) is 0 Å². The standard InChI is InChI=1S/C17H21NO2S/c1-4-21(19,20)17-11-9-16(10-12-17)18(3)13-15-8-6-5-7-14(15)2/h5-12H,4,13H2,1-3H3. The van der Waals surface area contributed by atoms with E-state index >= 15 is 0 Å². The van der Waals surface area contributed by atoms with E-state index in [-0.39, 0.29) is 5.75 Å². The van der Waals surface area contributed by atoms with Gasteiger partial charge in [0.05, 0.1) is 10.6 Å². The van der Waals surface area contributed by atoms with Crippen molar-refractivity contribution >= 4 is 15.5 Å². The summed E-state index contributed by atoms with van der Waals surface area (Å²) in [4.78, 5) is 2.50. The summed E-state index contributed by atoms with van der Waals surface area (Å²) in [5.74, 6) is 0.130. The van der Waals surface area contributed by atoms with E-state index in [9.17, 15) is 8.42 Å². The molecule has 2 aromatic carbocycles. The van der Waals surface area contributed by atoms with E-state index < -0.39 is 9.84 Å². The Morgan fingerprint density at radius 2 is 1.62 bits per heavy atom. The van der Waals surface area contributed by atoms with Crippen LogP contribution in [-0.4, -0.2) is 21.2 Å². The zero-order valence-corrected chi connectivity index (χ0v) is 13.5. The second-order valence-corrected chi connectivity index (χ2v) is 7.46. The first-order valence-corrected chi connectivity index (χ1v) is 8.67. The van der Waals surface area contributed by atoms with Crippen molar-refractivity contribution in [1.29, 1.82) is 0 Å². The summed E-state index contributed by atoms with van der Waals surface area (Å²) in [7, 11) is -1.12. The van der Waals surface area contributed by atoms with E-state index in [0.717, 1.165) is 12.2 Å². The molecule has 0 amide bonds. The van der Waals surface area contributed by atoms with Gasteiger partial charge < -0.3 is 4.90 Å². The predicted octanol–water partition coefficient (Wildman–Crippen LogP) is 3.43. The normalized spacial score (nSPS) is 11.4. The summed E-state index contributed by atoms with van der Waals surface area (Å²) < 4.78 is 23.6. The monoisotopic (exact) mass is 303 g/mol. The van der Waals surface area contributed by atoms with E-state index in [1.807, 2.05) is 31.3 Å². The lowest BCUT2D eigenvalue weighted by atomic mass is 10.1. The number of sulfone groups is 1. The van der Waals surface area contributed by atoms with Crippen LogP contribution in [0, 0.1) is 6.92 Å². The molecular formula is C17H21NO2S. The molecule has 0 heterocycles. The van der Waals surface area contributed by atoms with Gasteiger partial charge >= 0.3 is 0 Å². The predicted molar refractivity (Wildman–Crippen MR) is 87.5 cm³/mol. The van der Waals surface area contributed by atoms with Gasteiger partial charge in [-0.05, 0) is 42.3 Å². The van der Waals surface area contributed by atoms with E-state index in [1.54, 1.807) is 19.1 Å². The minimum atomic E-state index is -3.12. The Morgan fingerprint density at radius 1 is 1.00 bits per heavy atom. The van der Waals surface area contributed by atoms with Crippen LogP contribution < -0.4 is 4.90 Å². The minimum Gasteiger partial charge on any atom is -0.370 e. The van der Waals surface area contributed by atoms with Crippen LogP contribution in [0.5, 0.6) is 0 Å². The first kappa shape index (κ1) is 15.6. The van der Waals surface area contributed by atoms with Crippen LogP contribution in [0.15, 0.2) is 53.4 Å². The van der Waals surface area contributed by atoms with Gasteiger partial charge in [-0.3, -0.25) is 0 Å². The molecule has 0 bridgehead atoms. The fourth-order valence-corrected chi connectivity index (χ4v) is 3.09. The van der Waals surface area contributed by atoms with Gasteiger partial charge in [-0.1, -0.05) is 31.2 Å². The Bertz CT molecular complexity index is 706. The highest BCUT2D eigenvalue weighted by Crippen LogP contribution is 2.20. The maximum Gasteiger partial charge on any atom is 0.178 e. The molecule has 0 atom stereocenters. The van der Waals surface area contributed by atoms with Gasteiger partial charge in [0.1, 0.15) is 0 Å². The summed E-state index contributed by atoms with van der Waals surface area (Å²) in [6.07, 6.45) is 0. The zero-order valence-electron chi connectivity index (χ0n) is 12.7. The quantitative estimate of drug-likeness (QED) is 0.849. The summed E-state index contributed by atoms with van der Waals surface area (Å²) in [6.45, 7) is 4.56. The molecule has 0 aliphatic heterocycles. The van der Waals surface area contributed by atoms with Gasteiger partial charge in [0, 0.05) is 19.3 Å². The van der Waals surface area contributed by atoms with Crippen LogP contribution in [-0.2, 0) is 16.4 Å². The molecule has 0 aliphatic rings. The van der Waals surface area contributed by atoms with Crippen molar-refractivity contribution < 1.29 is 8.42 Å². The average molecular weight is 303 g/mol. The number of rotatable bonds is 5. The molecule has 3 nitrogen and oxygen atoms in total. The van der Waals surface area contributed by atoms with Gasteiger partial charge in [-0.25, -0.2) is 8.42 Å². The van der Waals surface area contributed by atoms with E-state index in [2.05, 4.69) is 24.0 Å². The van der Waals surface area contributed by atoms with E-state index in [0.29, 0.717) is 4.90 Å². The van der Waals surface area contributed by atoms with Gasteiger partial charge in [-0.2, -0.15) is 0 Å². The number of aryl methyl sites for hydroxylation is 1. The second-order valence-electron chi connectivity index (χ2n) is 5.18. The Hall–Kier alpha value is -1.81. The molecular weight excluding hydrogens is 282 g/mol. The summed E-state index contributed by atoms with van der Waals surface area (Å²) in [6, 6.07) is 15.4. The van der Waals surface area contributed by atoms with Crippen LogP contribution in [0.4, 0.5) is 5.69 Å². The van der Waals surface area contributed by atoms with Crippen molar-refractivity contribution in [3.63, 3.8) is 0 Å². The number of anilines is 1. The van der Waals surface area contributed by atoms with Crippen molar-refractivity contribution in [2.45, 2.75) is 25.3 Å². The Balaban J connectivity index is 2.17. The minimum absolute atomic E-state index is 0.130. The molecule has 4 heteroatoms. The SMILES string of the molecule is CCS(=O)(=O)c1ccc(N(C)Cc2ccccc2C)cc1. The number of hydrogen-bond acceptors (Lipinski definition) is 3. The van der Waals surface area contributed by atoms with Gasteiger partial charge in [0.2, 0.25) is 0 Å². The first-order valence-electron chi connectivity index (χ1n) is 7.02. The second kappa shape index (κ2) is 6.31. The highest BCUT2D eigenvalue weighted by Gasteiger charge is 2.11. The molecule has 0 saturated heterocycles. The Kier molecular flexibility index (Phi) is 4.68. The van der Waals surface area contributed by atoms with Gasteiger partial charge in [0.15, 0.2) is 9.84 Å². The largest absolute Gasteiger partial charge is 0.370 e. The molecule has 0 fully saturated rings. The van der Waals surface area contributed by atoms with Crippen LogP contribution in [0.3, 0.4) is 0 Å². The van der Waals surface area contributed by atoms with E-state index in [1.165, 1.54) is 11.1 Å². The molecule has 2 aromatic rings. The van der Waals surface area contributed by atoms with Crippen molar-refractivity contribution in [2.75, 3.05) is 17.7 Å². The fourth-order valence-electron chi connectivity index (χ4n) is 2.21. The number of hydrogen-bond donors (Lipinski definition) is 0. The molecule has 0 unspecified atom stereocenters. The van der Waals surface area contributed by atoms with Crippen LogP contribution >= 0.6 is 0 Å². The Labute approximate surface area is 127 Å². The first-order chi connectivity index (χ1) is 9.94. The number of benzene rings is 2. The van der Waals surface area contributed by atoms with E-state index in [4.69, 9.17) is 0 Å². The maximum absolute atomic E-state index is 11.8. The molecule has 0 N–H and O–H groups in total. The van der Waals surface area contributed by atoms with Crippen LogP contribution in [0.25, 0.3) is 0 Å². The molecule has 0 aliphatic carbocycles. The highest BCUT2D eigenvalue weighted by molar-refractivity contribution is 7.91. The van der Waals surface area contributed by atoms with Gasteiger partial charge in [0.25, 0.3) is 0 Å². The Morgan fingerprint density at radius 3 is 2.19 bits per heavy atom. The van der Waals surface area contributed by atoms with Crippen LogP contribution in [0.1, 0.15) is 18.1 Å². The maximum atomic E-state index is 11.8. The zero-order chi connectivity index (χ0) is 15.5. The third kappa shape index (κ3) is 3.64. The molecule has 112 valence electrons. The molecule has 2 rings (SSSR count). The smallest absolute Gasteiger partial charge is 0.178 e.